The van der Waals surface area contributed by atoms with Crippen molar-refractivity contribution in [3.63, 3.8) is 0 Å². The summed E-state index contributed by atoms with van der Waals surface area (Å²) in [5, 5.41) is 8.69. The number of likely N-dealkylation sites (N-methyl/N-ethyl adjacent to an activating group) is 1. The maximum Gasteiger partial charge on any atom is 0.131 e. The summed E-state index contributed by atoms with van der Waals surface area (Å²) in [5.74, 6) is 0. The van der Waals surface area contributed by atoms with Crippen molar-refractivity contribution in [2.75, 3.05) is 19.6 Å². The van der Waals surface area contributed by atoms with Crippen LogP contribution in [0.4, 0.5) is 0 Å². The van der Waals surface area contributed by atoms with Crippen LogP contribution in [0.2, 0.25) is 5.15 Å². The number of halogens is 1. The minimum Gasteiger partial charge on any atom is -0.313 e. The number of hydrogen-bond donors (Lipinski definition) is 1. The predicted octanol–water partition coefficient (Wildman–Crippen LogP) is 1.96. The lowest BCUT2D eigenvalue weighted by molar-refractivity contribution is 0.253. The van der Waals surface area contributed by atoms with Crippen molar-refractivity contribution in [2.45, 2.75) is 39.3 Å². The first-order chi connectivity index (χ1) is 8.61. The Morgan fingerprint density at radius 3 is 2.83 bits per heavy atom. The first kappa shape index (κ1) is 13.8. The molecule has 1 N–H and O–H groups in total. The summed E-state index contributed by atoms with van der Waals surface area (Å²) in [5.41, 5.74) is 2.21. The Morgan fingerprint density at radius 1 is 1.56 bits per heavy atom. The van der Waals surface area contributed by atoms with Crippen molar-refractivity contribution in [1.82, 2.24) is 20.0 Å². The fourth-order valence-corrected chi connectivity index (χ4v) is 2.84. The molecule has 18 heavy (non-hydrogen) atoms. The zero-order valence-electron chi connectivity index (χ0n) is 11.5. The fourth-order valence-electron chi connectivity index (χ4n) is 2.61. The Hall–Kier alpha value is -0.580. The Balaban J connectivity index is 2.00. The summed E-state index contributed by atoms with van der Waals surface area (Å²) < 4.78 is 1.76. The molecule has 0 saturated carbocycles. The second kappa shape index (κ2) is 6.04. The van der Waals surface area contributed by atoms with E-state index in [1.807, 2.05) is 14.0 Å². The Bertz CT molecular complexity index is 396. The van der Waals surface area contributed by atoms with Crippen molar-refractivity contribution < 1.29 is 0 Å². The highest BCUT2D eigenvalue weighted by Crippen LogP contribution is 2.21. The molecule has 1 aliphatic rings. The normalized spacial score (nSPS) is 19.9. The Morgan fingerprint density at radius 2 is 2.33 bits per heavy atom. The van der Waals surface area contributed by atoms with E-state index in [-0.39, 0.29) is 0 Å². The number of aryl methyl sites for hydroxylation is 2. The molecule has 102 valence electrons. The molecule has 0 aromatic carbocycles. The number of aromatic nitrogens is 2. The topological polar surface area (TPSA) is 33.1 Å². The van der Waals surface area contributed by atoms with Crippen LogP contribution in [0.3, 0.4) is 0 Å². The second-order valence-corrected chi connectivity index (χ2v) is 5.46. The molecule has 1 unspecified atom stereocenters. The van der Waals surface area contributed by atoms with Gasteiger partial charge in [0.05, 0.1) is 5.69 Å². The smallest absolute Gasteiger partial charge is 0.131 e. The quantitative estimate of drug-likeness (QED) is 0.888. The zero-order chi connectivity index (χ0) is 13.1. The van der Waals surface area contributed by atoms with Crippen LogP contribution in [0.15, 0.2) is 0 Å². The summed E-state index contributed by atoms with van der Waals surface area (Å²) in [6, 6.07) is 0.640. The van der Waals surface area contributed by atoms with Gasteiger partial charge in [0.2, 0.25) is 0 Å². The second-order valence-electron chi connectivity index (χ2n) is 5.10. The average Bonchev–Trinajstić information content (AvgIpc) is 2.92. The lowest BCUT2D eigenvalue weighted by Gasteiger charge is -2.24. The van der Waals surface area contributed by atoms with Gasteiger partial charge in [-0.3, -0.25) is 9.58 Å². The maximum absolute atomic E-state index is 6.29. The summed E-state index contributed by atoms with van der Waals surface area (Å²) >= 11 is 6.29. The van der Waals surface area contributed by atoms with E-state index in [0.717, 1.165) is 37.0 Å². The molecule has 5 heteroatoms. The monoisotopic (exact) mass is 270 g/mol. The van der Waals surface area contributed by atoms with Gasteiger partial charge in [-0.25, -0.2) is 0 Å². The van der Waals surface area contributed by atoms with Gasteiger partial charge in [0.1, 0.15) is 5.15 Å². The van der Waals surface area contributed by atoms with E-state index in [1.54, 1.807) is 4.68 Å². The molecule has 0 radical (unpaired) electrons. The molecule has 2 rings (SSSR count). The number of rotatable bonds is 5. The molecular formula is C13H23ClN4. The van der Waals surface area contributed by atoms with Crippen LogP contribution in [-0.2, 0) is 13.6 Å². The summed E-state index contributed by atoms with van der Waals surface area (Å²) in [6.45, 7) is 8.43. The van der Waals surface area contributed by atoms with E-state index < -0.39 is 0 Å². The van der Waals surface area contributed by atoms with Gasteiger partial charge in [-0.1, -0.05) is 18.5 Å². The van der Waals surface area contributed by atoms with E-state index >= 15 is 0 Å². The number of nitrogens with zero attached hydrogens (tertiary/aromatic N) is 3. The van der Waals surface area contributed by atoms with Crippen LogP contribution in [0.5, 0.6) is 0 Å². The summed E-state index contributed by atoms with van der Waals surface area (Å²) in [4.78, 5) is 2.44. The summed E-state index contributed by atoms with van der Waals surface area (Å²) in [6.07, 6.45) is 2.59. The van der Waals surface area contributed by atoms with Crippen LogP contribution in [0.25, 0.3) is 0 Å². The van der Waals surface area contributed by atoms with Crippen LogP contribution in [-0.4, -0.2) is 40.4 Å². The fraction of sp³-hybridized carbons (Fsp3) is 0.769. The third-order valence-electron chi connectivity index (χ3n) is 3.74. The highest BCUT2D eigenvalue weighted by atomic mass is 35.5. The van der Waals surface area contributed by atoms with Gasteiger partial charge in [-0.2, -0.15) is 5.10 Å². The van der Waals surface area contributed by atoms with Gasteiger partial charge in [0.25, 0.3) is 0 Å². The van der Waals surface area contributed by atoms with E-state index in [9.17, 15) is 0 Å². The molecule has 0 amide bonds. The van der Waals surface area contributed by atoms with Gasteiger partial charge in [0.15, 0.2) is 0 Å². The van der Waals surface area contributed by atoms with E-state index in [1.165, 1.54) is 18.4 Å². The molecule has 2 heterocycles. The number of hydrogen-bond acceptors (Lipinski definition) is 3. The molecule has 4 nitrogen and oxygen atoms in total. The maximum atomic E-state index is 6.29. The van der Waals surface area contributed by atoms with E-state index in [4.69, 9.17) is 11.6 Å². The predicted molar refractivity (Wildman–Crippen MR) is 74.9 cm³/mol. The molecule has 0 spiro atoms. The van der Waals surface area contributed by atoms with Crippen molar-refractivity contribution in [3.05, 3.63) is 16.4 Å². The van der Waals surface area contributed by atoms with Crippen molar-refractivity contribution in [3.8, 4) is 0 Å². The largest absolute Gasteiger partial charge is 0.313 e. The van der Waals surface area contributed by atoms with Crippen LogP contribution in [0, 0.1) is 6.92 Å². The minimum absolute atomic E-state index is 0.640. The Kier molecular flexibility index (Phi) is 4.65. The SMILES string of the molecule is CCN(Cc1c(C)nn(C)c1Cl)CC1CCCN1. The molecular weight excluding hydrogens is 248 g/mol. The van der Waals surface area contributed by atoms with Gasteiger partial charge in [0, 0.05) is 31.7 Å². The van der Waals surface area contributed by atoms with Crippen molar-refractivity contribution in [1.29, 1.82) is 0 Å². The third kappa shape index (κ3) is 3.05. The Labute approximate surface area is 114 Å². The van der Waals surface area contributed by atoms with Gasteiger partial charge < -0.3 is 5.32 Å². The first-order valence-corrected chi connectivity index (χ1v) is 7.13. The van der Waals surface area contributed by atoms with Crippen molar-refractivity contribution >= 4 is 11.6 Å². The molecule has 1 saturated heterocycles. The standard InChI is InChI=1S/C13H23ClN4/c1-4-18(8-11-6-5-7-15-11)9-12-10(2)16-17(3)13(12)14/h11,15H,4-9H2,1-3H3. The van der Waals surface area contributed by atoms with Crippen molar-refractivity contribution in [2.24, 2.45) is 7.05 Å². The molecule has 1 atom stereocenters. The van der Waals surface area contributed by atoms with Crippen LogP contribution in [0.1, 0.15) is 31.0 Å². The lowest BCUT2D eigenvalue weighted by Crippen LogP contribution is -2.37. The van der Waals surface area contributed by atoms with Gasteiger partial charge >= 0.3 is 0 Å². The minimum atomic E-state index is 0.640. The summed E-state index contributed by atoms with van der Waals surface area (Å²) in [7, 11) is 1.90. The van der Waals surface area contributed by atoms with Crippen LogP contribution >= 0.6 is 11.6 Å². The third-order valence-corrected chi connectivity index (χ3v) is 4.21. The molecule has 1 aromatic heterocycles. The average molecular weight is 271 g/mol. The van der Waals surface area contributed by atoms with Gasteiger partial charge in [-0.15, -0.1) is 0 Å². The first-order valence-electron chi connectivity index (χ1n) is 6.75. The molecule has 0 bridgehead atoms. The molecule has 1 fully saturated rings. The highest BCUT2D eigenvalue weighted by Gasteiger charge is 2.19. The molecule has 1 aromatic rings. The van der Waals surface area contributed by atoms with Crippen LogP contribution < -0.4 is 5.32 Å². The number of nitrogens with one attached hydrogen (secondary N) is 1. The zero-order valence-corrected chi connectivity index (χ0v) is 12.3. The van der Waals surface area contributed by atoms with E-state index in [0.29, 0.717) is 6.04 Å². The lowest BCUT2D eigenvalue weighted by atomic mass is 10.2. The van der Waals surface area contributed by atoms with E-state index in [2.05, 4.69) is 22.2 Å². The highest BCUT2D eigenvalue weighted by molar-refractivity contribution is 6.30. The molecule has 0 aliphatic carbocycles. The van der Waals surface area contributed by atoms with Gasteiger partial charge in [-0.05, 0) is 32.9 Å². The molecule has 1 aliphatic heterocycles.